The molecule has 88 valence electrons. The third kappa shape index (κ3) is 2.98. The molecule has 0 spiro atoms. The highest BCUT2D eigenvalue weighted by atomic mass is 16.5. The lowest BCUT2D eigenvalue weighted by Gasteiger charge is -2.07. The van der Waals surface area contributed by atoms with Crippen LogP contribution in [0.3, 0.4) is 0 Å². The minimum absolute atomic E-state index is 0.111. The Morgan fingerprint density at radius 2 is 1.59 bits per heavy atom. The zero-order valence-electron chi connectivity index (χ0n) is 9.34. The van der Waals surface area contributed by atoms with Crippen molar-refractivity contribution in [3.05, 3.63) is 59.7 Å². The van der Waals surface area contributed by atoms with Gasteiger partial charge < -0.3 is 14.9 Å². The van der Waals surface area contributed by atoms with E-state index >= 15 is 0 Å². The first-order valence-corrected chi connectivity index (χ1v) is 5.39. The van der Waals surface area contributed by atoms with Gasteiger partial charge in [0.25, 0.3) is 0 Å². The molecule has 0 heterocycles. The zero-order chi connectivity index (χ0) is 12.1. The molecule has 0 amide bonds. The Balaban J connectivity index is 1.93. The smallest absolute Gasteiger partial charge is 0.163 e. The summed E-state index contributed by atoms with van der Waals surface area (Å²) in [5.74, 6) is -0.230. The van der Waals surface area contributed by atoms with Crippen LogP contribution in [-0.4, -0.2) is 10.2 Å². The van der Waals surface area contributed by atoms with Gasteiger partial charge in [-0.15, -0.1) is 0 Å². The molecule has 0 aliphatic carbocycles. The summed E-state index contributed by atoms with van der Waals surface area (Å²) in [4.78, 5) is 0. The van der Waals surface area contributed by atoms with Gasteiger partial charge in [0.05, 0.1) is 13.2 Å². The first-order chi connectivity index (χ1) is 8.27. The van der Waals surface area contributed by atoms with E-state index in [9.17, 15) is 10.2 Å². The Morgan fingerprint density at radius 1 is 0.824 bits per heavy atom. The van der Waals surface area contributed by atoms with Crippen LogP contribution in [0, 0.1) is 0 Å². The summed E-state index contributed by atoms with van der Waals surface area (Å²) in [6, 6.07) is 14.6. The minimum Gasteiger partial charge on any atom is -0.504 e. The molecule has 0 aliphatic rings. The Hall–Kier alpha value is -2.00. The topological polar surface area (TPSA) is 49.7 Å². The van der Waals surface area contributed by atoms with Crippen molar-refractivity contribution in [2.45, 2.75) is 13.2 Å². The van der Waals surface area contributed by atoms with Crippen LogP contribution >= 0.6 is 0 Å². The molecular weight excluding hydrogens is 216 g/mol. The van der Waals surface area contributed by atoms with Crippen molar-refractivity contribution in [1.29, 1.82) is 0 Å². The van der Waals surface area contributed by atoms with E-state index < -0.39 is 0 Å². The number of phenolic OH excluding ortho intramolecular Hbond substituents is 2. The van der Waals surface area contributed by atoms with E-state index in [0.717, 1.165) is 5.56 Å². The largest absolute Gasteiger partial charge is 0.504 e. The highest BCUT2D eigenvalue weighted by Gasteiger charge is 2.05. The van der Waals surface area contributed by atoms with Gasteiger partial charge in [0.1, 0.15) is 0 Å². The third-order valence-corrected chi connectivity index (χ3v) is 2.47. The first kappa shape index (κ1) is 11.5. The average Bonchev–Trinajstić information content (AvgIpc) is 2.36. The fourth-order valence-electron chi connectivity index (χ4n) is 1.55. The molecule has 0 atom stereocenters. The Bertz CT molecular complexity index is 480. The normalized spacial score (nSPS) is 10.4. The summed E-state index contributed by atoms with van der Waals surface area (Å²) in [6.45, 7) is 0.755. The predicted octanol–water partition coefficient (Wildman–Crippen LogP) is 2.81. The fourth-order valence-corrected chi connectivity index (χ4v) is 1.55. The maximum Gasteiger partial charge on any atom is 0.163 e. The first-order valence-electron chi connectivity index (χ1n) is 5.39. The number of aromatic hydroxyl groups is 2. The molecular formula is C14H14O3. The lowest BCUT2D eigenvalue weighted by Crippen LogP contribution is -1.94. The standard InChI is InChI=1S/C14H14O3/c15-13-8-4-7-12(14(13)16)10-17-9-11-5-2-1-3-6-11/h1-8,15-16H,9-10H2. The summed E-state index contributed by atoms with van der Waals surface area (Å²) >= 11 is 0. The molecule has 2 aromatic carbocycles. The monoisotopic (exact) mass is 230 g/mol. The van der Waals surface area contributed by atoms with Gasteiger partial charge >= 0.3 is 0 Å². The van der Waals surface area contributed by atoms with Crippen LogP contribution in [0.5, 0.6) is 11.5 Å². The van der Waals surface area contributed by atoms with Crippen LogP contribution < -0.4 is 0 Å². The number of benzene rings is 2. The second kappa shape index (κ2) is 5.37. The van der Waals surface area contributed by atoms with Gasteiger partial charge in [-0.2, -0.15) is 0 Å². The van der Waals surface area contributed by atoms with Gasteiger partial charge in [0, 0.05) is 5.56 Å². The van der Waals surface area contributed by atoms with Gasteiger partial charge in [0.15, 0.2) is 11.5 Å². The maximum absolute atomic E-state index is 9.56. The summed E-state index contributed by atoms with van der Waals surface area (Å²) in [6.07, 6.45) is 0. The third-order valence-electron chi connectivity index (χ3n) is 2.47. The number of ether oxygens (including phenoxy) is 1. The molecule has 0 saturated carbocycles. The minimum atomic E-state index is -0.120. The molecule has 17 heavy (non-hydrogen) atoms. The van der Waals surface area contributed by atoms with Crippen molar-refractivity contribution in [3.8, 4) is 11.5 Å². The van der Waals surface area contributed by atoms with E-state index in [1.54, 1.807) is 12.1 Å². The summed E-state index contributed by atoms with van der Waals surface area (Å²) in [7, 11) is 0. The molecule has 2 N–H and O–H groups in total. The van der Waals surface area contributed by atoms with Crippen LogP contribution in [0.15, 0.2) is 48.5 Å². The van der Waals surface area contributed by atoms with E-state index in [2.05, 4.69) is 0 Å². The molecule has 2 rings (SSSR count). The summed E-state index contributed by atoms with van der Waals surface area (Å²) in [5, 5.41) is 18.9. The number of rotatable bonds is 4. The number of hydrogen-bond acceptors (Lipinski definition) is 3. The second-order valence-corrected chi connectivity index (χ2v) is 3.76. The summed E-state index contributed by atoms with van der Waals surface area (Å²) in [5.41, 5.74) is 1.66. The van der Waals surface area contributed by atoms with Crippen LogP contribution in [0.1, 0.15) is 11.1 Å². The van der Waals surface area contributed by atoms with Crippen molar-refractivity contribution in [1.82, 2.24) is 0 Å². The SMILES string of the molecule is Oc1cccc(COCc2ccccc2)c1O. The molecule has 3 heteroatoms. The van der Waals surface area contributed by atoms with E-state index in [-0.39, 0.29) is 18.1 Å². The van der Waals surface area contributed by atoms with Gasteiger partial charge in [-0.25, -0.2) is 0 Å². The number of hydrogen-bond donors (Lipinski definition) is 2. The molecule has 0 fully saturated rings. The zero-order valence-corrected chi connectivity index (χ0v) is 9.34. The van der Waals surface area contributed by atoms with E-state index in [1.807, 2.05) is 30.3 Å². The van der Waals surface area contributed by atoms with Crippen LogP contribution in [0.2, 0.25) is 0 Å². The molecule has 0 aliphatic heterocycles. The van der Waals surface area contributed by atoms with Crippen molar-refractivity contribution >= 4 is 0 Å². The molecule has 0 aromatic heterocycles. The number of para-hydroxylation sites is 1. The maximum atomic E-state index is 9.56. The highest BCUT2D eigenvalue weighted by Crippen LogP contribution is 2.28. The molecule has 0 radical (unpaired) electrons. The Labute approximate surface area is 99.9 Å². The molecule has 2 aromatic rings. The van der Waals surface area contributed by atoms with E-state index in [1.165, 1.54) is 6.07 Å². The molecule has 0 bridgehead atoms. The molecule has 0 saturated heterocycles. The Kier molecular flexibility index (Phi) is 3.62. The predicted molar refractivity (Wildman–Crippen MR) is 64.7 cm³/mol. The van der Waals surface area contributed by atoms with Crippen LogP contribution in [0.4, 0.5) is 0 Å². The lowest BCUT2D eigenvalue weighted by molar-refractivity contribution is 0.105. The average molecular weight is 230 g/mol. The quantitative estimate of drug-likeness (QED) is 0.794. The molecule has 0 unspecified atom stereocenters. The Morgan fingerprint density at radius 3 is 2.35 bits per heavy atom. The second-order valence-electron chi connectivity index (χ2n) is 3.76. The number of phenols is 2. The van der Waals surface area contributed by atoms with E-state index in [4.69, 9.17) is 4.74 Å². The van der Waals surface area contributed by atoms with Gasteiger partial charge in [0.2, 0.25) is 0 Å². The van der Waals surface area contributed by atoms with Gasteiger partial charge in [-0.1, -0.05) is 42.5 Å². The van der Waals surface area contributed by atoms with Crippen LogP contribution in [0.25, 0.3) is 0 Å². The highest BCUT2D eigenvalue weighted by molar-refractivity contribution is 5.43. The van der Waals surface area contributed by atoms with Crippen molar-refractivity contribution in [2.24, 2.45) is 0 Å². The van der Waals surface area contributed by atoms with Gasteiger partial charge in [-0.3, -0.25) is 0 Å². The fraction of sp³-hybridized carbons (Fsp3) is 0.143. The van der Waals surface area contributed by atoms with E-state index in [0.29, 0.717) is 12.2 Å². The van der Waals surface area contributed by atoms with Crippen molar-refractivity contribution in [2.75, 3.05) is 0 Å². The van der Waals surface area contributed by atoms with Crippen molar-refractivity contribution < 1.29 is 14.9 Å². The van der Waals surface area contributed by atoms with Gasteiger partial charge in [-0.05, 0) is 11.6 Å². The van der Waals surface area contributed by atoms with Crippen LogP contribution in [-0.2, 0) is 18.0 Å². The summed E-state index contributed by atoms with van der Waals surface area (Å²) < 4.78 is 5.47. The lowest BCUT2D eigenvalue weighted by atomic mass is 10.2. The van der Waals surface area contributed by atoms with Crippen molar-refractivity contribution in [3.63, 3.8) is 0 Å². The molecule has 3 nitrogen and oxygen atoms in total.